The minimum Gasteiger partial charge on any atom is -0.481 e. The standard InChI is InChI=1S/C18H34O2.C3H8O3.CH4N2O/c1-2-3-4-5-6-7-8-9-10-11-12-13-14-15-16-17-18(19)20;4-1-3(6)2-5;2-1(3)4/h9-10H,2-8,11-17H2,1H3,(H,19,20);3-6H,1-2H2;(H4,2,3,4)/b10-9-;;. The SMILES string of the molecule is CCCCCCCC/C=C\CCCCCCCC(=O)O.NC(N)=O.OCC(O)CO. The van der Waals surface area contributed by atoms with E-state index in [2.05, 4.69) is 30.5 Å². The Morgan fingerprint density at radius 3 is 1.47 bits per heavy atom. The summed E-state index contributed by atoms with van der Waals surface area (Å²) < 4.78 is 0. The van der Waals surface area contributed by atoms with Crippen LogP contribution in [-0.4, -0.2) is 51.7 Å². The van der Waals surface area contributed by atoms with Crippen LogP contribution in [0, 0.1) is 0 Å². The van der Waals surface area contributed by atoms with Gasteiger partial charge in [0.05, 0.1) is 13.2 Å². The largest absolute Gasteiger partial charge is 0.481 e. The fraction of sp³-hybridized carbons (Fsp3) is 0.818. The molecule has 0 atom stereocenters. The van der Waals surface area contributed by atoms with Gasteiger partial charge in [-0.05, 0) is 32.1 Å². The number of carboxylic acids is 1. The molecule has 8 N–H and O–H groups in total. The van der Waals surface area contributed by atoms with Crippen molar-refractivity contribution in [3.8, 4) is 0 Å². The lowest BCUT2D eigenvalue weighted by Gasteiger charge is -1.99. The predicted octanol–water partition coefficient (Wildman–Crippen LogP) is 3.46. The Labute approximate surface area is 182 Å². The van der Waals surface area contributed by atoms with Gasteiger partial charge in [0.2, 0.25) is 0 Å². The maximum atomic E-state index is 10.3. The summed E-state index contributed by atoms with van der Waals surface area (Å²) in [5.74, 6) is -0.664. The van der Waals surface area contributed by atoms with Crippen LogP contribution in [0.4, 0.5) is 4.79 Å². The third-order valence-electron chi connectivity index (χ3n) is 4.07. The first-order chi connectivity index (χ1) is 14.3. The molecular formula is C22H46N2O6. The van der Waals surface area contributed by atoms with E-state index in [-0.39, 0.29) is 13.2 Å². The van der Waals surface area contributed by atoms with Crippen LogP contribution in [0.3, 0.4) is 0 Å². The first kappa shape index (κ1) is 33.0. The van der Waals surface area contributed by atoms with Gasteiger partial charge in [0.25, 0.3) is 0 Å². The van der Waals surface area contributed by atoms with E-state index >= 15 is 0 Å². The number of aliphatic carboxylic acids is 1. The number of urea groups is 1. The highest BCUT2D eigenvalue weighted by molar-refractivity contribution is 5.69. The van der Waals surface area contributed by atoms with E-state index in [1.54, 1.807) is 0 Å². The normalized spacial score (nSPS) is 10.3. The molecule has 0 aliphatic carbocycles. The van der Waals surface area contributed by atoms with E-state index in [9.17, 15) is 4.79 Å². The first-order valence-electron chi connectivity index (χ1n) is 11.1. The molecule has 0 rings (SSSR count). The molecule has 0 saturated carbocycles. The van der Waals surface area contributed by atoms with E-state index in [0.29, 0.717) is 6.42 Å². The van der Waals surface area contributed by atoms with Crippen molar-refractivity contribution in [2.75, 3.05) is 13.2 Å². The van der Waals surface area contributed by atoms with E-state index in [4.69, 9.17) is 25.2 Å². The molecule has 0 unspecified atom stereocenters. The molecule has 0 aliphatic rings. The number of allylic oxidation sites excluding steroid dienone is 2. The summed E-state index contributed by atoms with van der Waals surface area (Å²) in [7, 11) is 0. The van der Waals surface area contributed by atoms with Gasteiger partial charge in [-0.25, -0.2) is 4.79 Å². The zero-order chi connectivity index (χ0) is 23.5. The third kappa shape index (κ3) is 45.2. The van der Waals surface area contributed by atoms with Crippen molar-refractivity contribution in [1.29, 1.82) is 0 Å². The molecule has 0 aliphatic heterocycles. The monoisotopic (exact) mass is 434 g/mol. The number of nitrogens with two attached hydrogens (primary N) is 2. The number of aliphatic hydroxyl groups is 3. The van der Waals surface area contributed by atoms with Gasteiger partial charge < -0.3 is 31.9 Å². The molecule has 2 amide bonds. The highest BCUT2D eigenvalue weighted by Crippen LogP contribution is 2.09. The minimum absolute atomic E-state index is 0.332. The summed E-state index contributed by atoms with van der Waals surface area (Å²) in [5, 5.41) is 32.5. The van der Waals surface area contributed by atoms with Gasteiger partial charge in [0.15, 0.2) is 0 Å². The summed E-state index contributed by atoms with van der Waals surface area (Å²) in [6.07, 6.45) is 20.3. The maximum Gasteiger partial charge on any atom is 0.309 e. The van der Waals surface area contributed by atoms with Crippen molar-refractivity contribution in [3.63, 3.8) is 0 Å². The Morgan fingerprint density at radius 1 is 0.767 bits per heavy atom. The van der Waals surface area contributed by atoms with Gasteiger partial charge in [-0.1, -0.05) is 70.4 Å². The van der Waals surface area contributed by atoms with Crippen molar-refractivity contribution in [3.05, 3.63) is 12.2 Å². The van der Waals surface area contributed by atoms with Gasteiger partial charge in [-0.2, -0.15) is 0 Å². The summed E-state index contributed by atoms with van der Waals surface area (Å²) in [6.45, 7) is 1.53. The maximum absolute atomic E-state index is 10.3. The number of carbonyl (C=O) groups is 2. The Morgan fingerprint density at radius 2 is 1.13 bits per heavy atom. The third-order valence-corrected chi connectivity index (χ3v) is 4.07. The highest BCUT2D eigenvalue weighted by Gasteiger charge is 1.96. The molecule has 30 heavy (non-hydrogen) atoms. The van der Waals surface area contributed by atoms with Crippen LogP contribution in [0.15, 0.2) is 12.2 Å². The summed E-state index contributed by atoms with van der Waals surface area (Å²) in [5.41, 5.74) is 8.50. The lowest BCUT2D eigenvalue weighted by Crippen LogP contribution is -2.18. The van der Waals surface area contributed by atoms with Crippen LogP contribution in [0.1, 0.15) is 96.8 Å². The fourth-order valence-corrected chi connectivity index (χ4v) is 2.40. The average Bonchev–Trinajstić information content (AvgIpc) is 2.70. The quantitative estimate of drug-likeness (QED) is 0.151. The number of aliphatic hydroxyl groups excluding tert-OH is 3. The van der Waals surface area contributed by atoms with E-state index < -0.39 is 18.1 Å². The first-order valence-corrected chi connectivity index (χ1v) is 11.1. The van der Waals surface area contributed by atoms with Crippen molar-refractivity contribution < 1.29 is 30.0 Å². The molecule has 0 radical (unpaired) electrons. The Balaban J connectivity index is -0.000000600. The van der Waals surface area contributed by atoms with Gasteiger partial charge in [0.1, 0.15) is 6.10 Å². The second-order valence-corrected chi connectivity index (χ2v) is 7.15. The Bertz CT molecular complexity index is 384. The number of carboxylic acid groups (broad SMARTS) is 1. The van der Waals surface area contributed by atoms with Gasteiger partial charge in [0, 0.05) is 6.42 Å². The van der Waals surface area contributed by atoms with Crippen molar-refractivity contribution in [2.45, 2.75) is 103 Å². The van der Waals surface area contributed by atoms with Crippen LogP contribution < -0.4 is 11.5 Å². The number of unbranched alkanes of at least 4 members (excludes halogenated alkanes) is 11. The average molecular weight is 435 g/mol. The summed E-state index contributed by atoms with van der Waals surface area (Å²) in [4.78, 5) is 19.3. The van der Waals surface area contributed by atoms with Gasteiger partial charge in [-0.3, -0.25) is 4.79 Å². The number of hydrogen-bond acceptors (Lipinski definition) is 5. The molecule has 0 heterocycles. The Kier molecular flexibility index (Phi) is 32.5. The molecule has 8 nitrogen and oxygen atoms in total. The van der Waals surface area contributed by atoms with Crippen LogP contribution >= 0.6 is 0 Å². The molecular weight excluding hydrogens is 388 g/mol. The molecule has 0 aromatic carbocycles. The Hall–Kier alpha value is -1.64. The molecule has 0 bridgehead atoms. The minimum atomic E-state index is -0.954. The van der Waals surface area contributed by atoms with Gasteiger partial charge >= 0.3 is 12.0 Å². The zero-order valence-electron chi connectivity index (χ0n) is 18.8. The topological polar surface area (TPSA) is 167 Å². The van der Waals surface area contributed by atoms with Crippen LogP contribution in [-0.2, 0) is 4.79 Å². The fourth-order valence-electron chi connectivity index (χ4n) is 2.40. The lowest BCUT2D eigenvalue weighted by atomic mass is 10.1. The molecule has 0 spiro atoms. The van der Waals surface area contributed by atoms with Gasteiger partial charge in [-0.15, -0.1) is 0 Å². The predicted molar refractivity (Wildman–Crippen MR) is 121 cm³/mol. The highest BCUT2D eigenvalue weighted by atomic mass is 16.4. The number of carbonyl (C=O) groups excluding carboxylic acids is 1. The number of amides is 2. The number of rotatable bonds is 17. The number of primary amides is 2. The van der Waals surface area contributed by atoms with E-state index in [0.717, 1.165) is 12.8 Å². The van der Waals surface area contributed by atoms with E-state index in [1.165, 1.54) is 70.6 Å². The zero-order valence-corrected chi connectivity index (χ0v) is 18.8. The molecule has 8 heteroatoms. The van der Waals surface area contributed by atoms with Crippen LogP contribution in [0.2, 0.25) is 0 Å². The second-order valence-electron chi connectivity index (χ2n) is 7.15. The molecule has 0 aromatic heterocycles. The summed E-state index contributed by atoms with van der Waals surface area (Å²) >= 11 is 0. The number of hydrogen-bond donors (Lipinski definition) is 6. The lowest BCUT2D eigenvalue weighted by molar-refractivity contribution is -0.137. The molecule has 180 valence electrons. The second kappa shape index (κ2) is 29.6. The van der Waals surface area contributed by atoms with Crippen LogP contribution in [0.5, 0.6) is 0 Å². The summed E-state index contributed by atoms with van der Waals surface area (Å²) in [6, 6.07) is -0.833. The molecule has 0 fully saturated rings. The van der Waals surface area contributed by atoms with Crippen molar-refractivity contribution in [2.24, 2.45) is 11.5 Å². The molecule has 0 saturated heterocycles. The molecule has 0 aromatic rings. The van der Waals surface area contributed by atoms with E-state index in [1.807, 2.05) is 0 Å². The van der Waals surface area contributed by atoms with Crippen molar-refractivity contribution >= 4 is 12.0 Å². The van der Waals surface area contributed by atoms with Crippen molar-refractivity contribution in [1.82, 2.24) is 0 Å². The smallest absolute Gasteiger partial charge is 0.309 e. The van der Waals surface area contributed by atoms with Crippen LogP contribution in [0.25, 0.3) is 0 Å².